The van der Waals surface area contributed by atoms with Gasteiger partial charge in [0.25, 0.3) is 0 Å². The largest absolute Gasteiger partial charge is 0.392 e. The third-order valence-corrected chi connectivity index (χ3v) is 1.56. The van der Waals surface area contributed by atoms with E-state index >= 15 is 0 Å². The molecule has 0 bridgehead atoms. The standard InChI is InChI=1S/C11H20O2/c1-2-3-10-13-11-8-6-4-5-7-9-12/h4-7,12H,2-3,8-11H2,1H3/b6-4+,7-5+. The van der Waals surface area contributed by atoms with Gasteiger partial charge in [-0.15, -0.1) is 0 Å². The second-order valence-electron chi connectivity index (χ2n) is 2.79. The molecule has 0 aromatic carbocycles. The van der Waals surface area contributed by atoms with Crippen LogP contribution in [0.15, 0.2) is 24.3 Å². The van der Waals surface area contributed by atoms with Crippen molar-refractivity contribution in [1.82, 2.24) is 0 Å². The highest BCUT2D eigenvalue weighted by molar-refractivity contribution is 5.02. The minimum atomic E-state index is 0.108. The molecule has 76 valence electrons. The van der Waals surface area contributed by atoms with Crippen molar-refractivity contribution in [2.24, 2.45) is 0 Å². The van der Waals surface area contributed by atoms with Gasteiger partial charge in [0.1, 0.15) is 0 Å². The maximum Gasteiger partial charge on any atom is 0.0615 e. The lowest BCUT2D eigenvalue weighted by molar-refractivity contribution is 0.136. The third kappa shape index (κ3) is 11.4. The first-order valence-electron chi connectivity index (χ1n) is 4.92. The van der Waals surface area contributed by atoms with Gasteiger partial charge in [-0.25, -0.2) is 0 Å². The van der Waals surface area contributed by atoms with Crippen molar-refractivity contribution in [3.8, 4) is 0 Å². The van der Waals surface area contributed by atoms with E-state index in [9.17, 15) is 0 Å². The van der Waals surface area contributed by atoms with E-state index in [1.807, 2.05) is 18.2 Å². The van der Waals surface area contributed by atoms with E-state index in [1.165, 1.54) is 6.42 Å². The van der Waals surface area contributed by atoms with Gasteiger partial charge in [-0.3, -0.25) is 0 Å². The van der Waals surface area contributed by atoms with Gasteiger partial charge in [0, 0.05) is 6.61 Å². The highest BCUT2D eigenvalue weighted by Gasteiger charge is 1.83. The van der Waals surface area contributed by atoms with E-state index in [-0.39, 0.29) is 6.61 Å². The summed E-state index contributed by atoms with van der Waals surface area (Å²) in [6.07, 6.45) is 10.8. The minimum absolute atomic E-state index is 0.108. The van der Waals surface area contributed by atoms with Gasteiger partial charge in [0.15, 0.2) is 0 Å². The van der Waals surface area contributed by atoms with Crippen molar-refractivity contribution < 1.29 is 9.84 Å². The molecular weight excluding hydrogens is 164 g/mol. The average Bonchev–Trinajstić information content (AvgIpc) is 2.16. The summed E-state index contributed by atoms with van der Waals surface area (Å²) in [5.74, 6) is 0. The molecule has 0 aromatic rings. The minimum Gasteiger partial charge on any atom is -0.392 e. The summed E-state index contributed by atoms with van der Waals surface area (Å²) < 4.78 is 5.36. The molecule has 0 radical (unpaired) electrons. The van der Waals surface area contributed by atoms with Crippen LogP contribution in [0.2, 0.25) is 0 Å². The Labute approximate surface area is 80.9 Å². The van der Waals surface area contributed by atoms with E-state index in [0.717, 1.165) is 26.1 Å². The molecule has 13 heavy (non-hydrogen) atoms. The molecule has 0 saturated heterocycles. The van der Waals surface area contributed by atoms with Crippen molar-refractivity contribution in [2.45, 2.75) is 26.2 Å². The summed E-state index contributed by atoms with van der Waals surface area (Å²) >= 11 is 0. The highest BCUT2D eigenvalue weighted by Crippen LogP contribution is 1.90. The number of allylic oxidation sites excluding steroid dienone is 2. The third-order valence-electron chi connectivity index (χ3n) is 1.56. The second-order valence-corrected chi connectivity index (χ2v) is 2.79. The highest BCUT2D eigenvalue weighted by atomic mass is 16.5. The number of ether oxygens (including phenoxy) is 1. The molecule has 0 saturated carbocycles. The molecule has 0 rings (SSSR count). The van der Waals surface area contributed by atoms with Crippen molar-refractivity contribution in [3.05, 3.63) is 24.3 Å². The van der Waals surface area contributed by atoms with Crippen LogP contribution in [0.3, 0.4) is 0 Å². The smallest absolute Gasteiger partial charge is 0.0615 e. The van der Waals surface area contributed by atoms with Crippen LogP contribution in [0.5, 0.6) is 0 Å². The molecule has 2 heteroatoms. The molecule has 0 amide bonds. The van der Waals surface area contributed by atoms with Crippen LogP contribution in [0.25, 0.3) is 0 Å². The number of unbranched alkanes of at least 4 members (excludes halogenated alkanes) is 1. The molecule has 0 aliphatic carbocycles. The topological polar surface area (TPSA) is 29.5 Å². The monoisotopic (exact) mass is 184 g/mol. The summed E-state index contributed by atoms with van der Waals surface area (Å²) in [4.78, 5) is 0. The lowest BCUT2D eigenvalue weighted by Gasteiger charge is -1.98. The van der Waals surface area contributed by atoms with Crippen LogP contribution in [0, 0.1) is 0 Å². The Hall–Kier alpha value is -0.600. The summed E-state index contributed by atoms with van der Waals surface area (Å²) in [6, 6.07) is 0. The molecule has 0 unspecified atom stereocenters. The van der Waals surface area contributed by atoms with Gasteiger partial charge in [-0.05, 0) is 12.8 Å². The van der Waals surface area contributed by atoms with Crippen LogP contribution in [0.4, 0.5) is 0 Å². The van der Waals surface area contributed by atoms with Crippen LogP contribution < -0.4 is 0 Å². The van der Waals surface area contributed by atoms with E-state index in [1.54, 1.807) is 6.08 Å². The quantitative estimate of drug-likeness (QED) is 0.463. The van der Waals surface area contributed by atoms with Crippen LogP contribution in [-0.4, -0.2) is 24.9 Å². The van der Waals surface area contributed by atoms with Gasteiger partial charge in [0.05, 0.1) is 13.2 Å². The zero-order valence-electron chi connectivity index (χ0n) is 8.41. The number of aliphatic hydroxyl groups excluding tert-OH is 1. The first-order chi connectivity index (χ1) is 6.41. The maximum absolute atomic E-state index is 8.42. The zero-order valence-corrected chi connectivity index (χ0v) is 8.41. The fourth-order valence-electron chi connectivity index (χ4n) is 0.814. The lowest BCUT2D eigenvalue weighted by Crippen LogP contribution is -1.94. The van der Waals surface area contributed by atoms with Crippen LogP contribution in [-0.2, 0) is 4.74 Å². The zero-order chi connectivity index (χ0) is 9.78. The molecule has 0 atom stereocenters. The Morgan fingerprint density at radius 2 is 1.92 bits per heavy atom. The van der Waals surface area contributed by atoms with E-state index in [0.29, 0.717) is 0 Å². The molecule has 0 fully saturated rings. The van der Waals surface area contributed by atoms with E-state index in [4.69, 9.17) is 9.84 Å². The lowest BCUT2D eigenvalue weighted by atomic mass is 10.3. The van der Waals surface area contributed by atoms with Crippen molar-refractivity contribution in [3.63, 3.8) is 0 Å². The summed E-state index contributed by atoms with van der Waals surface area (Å²) in [5, 5.41) is 8.42. The van der Waals surface area contributed by atoms with Crippen molar-refractivity contribution in [1.29, 1.82) is 0 Å². The molecule has 1 N–H and O–H groups in total. The van der Waals surface area contributed by atoms with Crippen LogP contribution >= 0.6 is 0 Å². The van der Waals surface area contributed by atoms with Crippen molar-refractivity contribution in [2.75, 3.05) is 19.8 Å². The predicted molar refractivity (Wildman–Crippen MR) is 55.7 cm³/mol. The van der Waals surface area contributed by atoms with E-state index < -0.39 is 0 Å². The summed E-state index contributed by atoms with van der Waals surface area (Å²) in [5.41, 5.74) is 0. The Balaban J connectivity index is 3.06. The first-order valence-corrected chi connectivity index (χ1v) is 4.92. The van der Waals surface area contributed by atoms with Gasteiger partial charge in [0.2, 0.25) is 0 Å². The van der Waals surface area contributed by atoms with Crippen molar-refractivity contribution >= 4 is 0 Å². The number of hydrogen-bond donors (Lipinski definition) is 1. The maximum atomic E-state index is 8.42. The fraction of sp³-hybridized carbons (Fsp3) is 0.636. The molecule has 0 aliphatic heterocycles. The summed E-state index contributed by atoms with van der Waals surface area (Å²) in [6.45, 7) is 3.93. The second kappa shape index (κ2) is 11.4. The van der Waals surface area contributed by atoms with Gasteiger partial charge >= 0.3 is 0 Å². The Morgan fingerprint density at radius 1 is 1.15 bits per heavy atom. The SMILES string of the molecule is CCCCOCC/C=C/C=C/CO. The Kier molecular flexibility index (Phi) is 10.9. The van der Waals surface area contributed by atoms with Gasteiger partial charge in [-0.2, -0.15) is 0 Å². The number of hydrogen-bond acceptors (Lipinski definition) is 2. The first kappa shape index (κ1) is 12.4. The Bertz CT molecular complexity index is 139. The molecule has 0 aliphatic rings. The molecule has 0 aromatic heterocycles. The van der Waals surface area contributed by atoms with Gasteiger partial charge < -0.3 is 9.84 Å². The molecule has 0 spiro atoms. The van der Waals surface area contributed by atoms with Crippen LogP contribution in [0.1, 0.15) is 26.2 Å². The number of rotatable bonds is 8. The molecule has 0 heterocycles. The predicted octanol–water partition coefficient (Wildman–Crippen LogP) is 2.30. The fourth-order valence-corrected chi connectivity index (χ4v) is 0.814. The summed E-state index contributed by atoms with van der Waals surface area (Å²) in [7, 11) is 0. The number of aliphatic hydroxyl groups is 1. The van der Waals surface area contributed by atoms with Gasteiger partial charge in [-0.1, -0.05) is 37.6 Å². The molecular formula is C11H20O2. The average molecular weight is 184 g/mol. The Morgan fingerprint density at radius 3 is 2.62 bits per heavy atom. The molecule has 2 nitrogen and oxygen atoms in total. The normalized spacial score (nSPS) is 11.8. The van der Waals surface area contributed by atoms with E-state index in [2.05, 4.69) is 6.92 Å².